The fraction of sp³-hybridized carbons (Fsp3) is 0.538. The van der Waals surface area contributed by atoms with E-state index in [-0.39, 0.29) is 6.10 Å². The lowest BCUT2D eigenvalue weighted by Crippen LogP contribution is -2.11. The van der Waals surface area contributed by atoms with Crippen molar-refractivity contribution >= 4 is 0 Å². The Bertz CT molecular complexity index is 326. The molecule has 1 rings (SSSR count). The molecule has 0 aromatic heterocycles. The van der Waals surface area contributed by atoms with Crippen molar-refractivity contribution in [3.8, 4) is 11.5 Å². The van der Waals surface area contributed by atoms with Crippen LogP contribution >= 0.6 is 0 Å². The van der Waals surface area contributed by atoms with Crippen molar-refractivity contribution in [2.75, 3.05) is 14.2 Å². The van der Waals surface area contributed by atoms with E-state index in [4.69, 9.17) is 9.47 Å². The van der Waals surface area contributed by atoms with Crippen molar-refractivity contribution in [3.63, 3.8) is 0 Å². The van der Waals surface area contributed by atoms with Crippen LogP contribution in [-0.2, 0) is 6.54 Å². The molecule has 0 saturated heterocycles. The van der Waals surface area contributed by atoms with Crippen molar-refractivity contribution in [2.45, 2.75) is 32.9 Å². The molecule has 1 aromatic carbocycles. The Morgan fingerprint density at radius 3 is 2.62 bits per heavy atom. The molecule has 0 heterocycles. The maximum atomic E-state index is 5.77. The molecule has 1 N–H and O–H groups in total. The van der Waals surface area contributed by atoms with Gasteiger partial charge >= 0.3 is 0 Å². The largest absolute Gasteiger partial charge is 0.493 e. The highest BCUT2D eigenvalue weighted by Crippen LogP contribution is 2.29. The molecule has 0 aliphatic heterocycles. The van der Waals surface area contributed by atoms with Gasteiger partial charge in [0.2, 0.25) is 0 Å². The van der Waals surface area contributed by atoms with Crippen LogP contribution in [-0.4, -0.2) is 20.3 Å². The van der Waals surface area contributed by atoms with Crippen LogP contribution in [0.3, 0.4) is 0 Å². The predicted molar refractivity (Wildman–Crippen MR) is 66.1 cm³/mol. The van der Waals surface area contributed by atoms with Crippen LogP contribution in [0.15, 0.2) is 18.2 Å². The monoisotopic (exact) mass is 223 g/mol. The first kappa shape index (κ1) is 12.8. The Hall–Kier alpha value is -1.22. The van der Waals surface area contributed by atoms with E-state index in [1.165, 1.54) is 5.56 Å². The van der Waals surface area contributed by atoms with Crippen molar-refractivity contribution in [2.24, 2.45) is 0 Å². The minimum absolute atomic E-state index is 0.212. The van der Waals surface area contributed by atoms with Gasteiger partial charge in [-0.1, -0.05) is 13.0 Å². The number of ether oxygens (including phenoxy) is 2. The van der Waals surface area contributed by atoms with Crippen LogP contribution in [0.1, 0.15) is 25.8 Å². The fourth-order valence-electron chi connectivity index (χ4n) is 1.42. The zero-order valence-electron chi connectivity index (χ0n) is 10.5. The van der Waals surface area contributed by atoms with E-state index in [2.05, 4.69) is 25.2 Å². The van der Waals surface area contributed by atoms with E-state index < -0.39 is 0 Å². The van der Waals surface area contributed by atoms with Crippen LogP contribution in [0.2, 0.25) is 0 Å². The number of nitrogens with one attached hydrogen (secondary N) is 1. The molecular weight excluding hydrogens is 202 g/mol. The molecule has 0 aliphatic rings. The summed E-state index contributed by atoms with van der Waals surface area (Å²) in [6.07, 6.45) is 1.20. The summed E-state index contributed by atoms with van der Waals surface area (Å²) in [5.74, 6) is 1.62. The van der Waals surface area contributed by atoms with Gasteiger partial charge in [-0.25, -0.2) is 0 Å². The second kappa shape index (κ2) is 6.38. The van der Waals surface area contributed by atoms with Crippen LogP contribution in [0.25, 0.3) is 0 Å². The average Bonchev–Trinajstić information content (AvgIpc) is 2.31. The number of methoxy groups -OCH3 is 1. The van der Waals surface area contributed by atoms with Crippen LogP contribution < -0.4 is 14.8 Å². The Morgan fingerprint density at radius 1 is 1.31 bits per heavy atom. The third kappa shape index (κ3) is 3.42. The first-order valence-electron chi connectivity index (χ1n) is 5.69. The minimum atomic E-state index is 0.212. The topological polar surface area (TPSA) is 30.5 Å². The van der Waals surface area contributed by atoms with Gasteiger partial charge in [-0.15, -0.1) is 0 Å². The zero-order valence-corrected chi connectivity index (χ0v) is 10.5. The van der Waals surface area contributed by atoms with Gasteiger partial charge in [-0.2, -0.15) is 0 Å². The van der Waals surface area contributed by atoms with E-state index in [1.807, 2.05) is 19.2 Å². The third-order valence-corrected chi connectivity index (χ3v) is 2.51. The number of hydrogen-bond donors (Lipinski definition) is 1. The fourth-order valence-corrected chi connectivity index (χ4v) is 1.42. The quantitative estimate of drug-likeness (QED) is 0.804. The van der Waals surface area contributed by atoms with E-state index in [0.717, 1.165) is 24.5 Å². The molecule has 3 nitrogen and oxygen atoms in total. The molecule has 0 radical (unpaired) electrons. The molecule has 16 heavy (non-hydrogen) atoms. The zero-order chi connectivity index (χ0) is 12.0. The highest BCUT2D eigenvalue weighted by molar-refractivity contribution is 5.43. The van der Waals surface area contributed by atoms with E-state index >= 15 is 0 Å². The average molecular weight is 223 g/mol. The molecular formula is C13H21NO2. The summed E-state index contributed by atoms with van der Waals surface area (Å²) in [7, 11) is 3.60. The third-order valence-electron chi connectivity index (χ3n) is 2.51. The normalized spacial score (nSPS) is 12.2. The lowest BCUT2D eigenvalue weighted by molar-refractivity contribution is 0.207. The summed E-state index contributed by atoms with van der Waals surface area (Å²) < 4.78 is 11.1. The Balaban J connectivity index is 2.84. The highest BCUT2D eigenvalue weighted by Gasteiger charge is 2.08. The summed E-state index contributed by atoms with van der Waals surface area (Å²) in [5, 5.41) is 3.11. The first-order chi connectivity index (χ1) is 7.71. The van der Waals surface area contributed by atoms with Gasteiger partial charge < -0.3 is 14.8 Å². The summed E-state index contributed by atoms with van der Waals surface area (Å²) in [6, 6.07) is 6.03. The first-order valence-corrected chi connectivity index (χ1v) is 5.69. The maximum Gasteiger partial charge on any atom is 0.161 e. The van der Waals surface area contributed by atoms with Gasteiger partial charge in [0, 0.05) is 6.54 Å². The minimum Gasteiger partial charge on any atom is -0.493 e. The maximum absolute atomic E-state index is 5.77. The summed E-state index contributed by atoms with van der Waals surface area (Å²) >= 11 is 0. The van der Waals surface area contributed by atoms with Crippen LogP contribution in [0, 0.1) is 0 Å². The number of rotatable bonds is 6. The van der Waals surface area contributed by atoms with Gasteiger partial charge in [0.05, 0.1) is 13.2 Å². The Kier molecular flexibility index (Phi) is 5.12. The second-order valence-corrected chi connectivity index (χ2v) is 3.85. The smallest absolute Gasteiger partial charge is 0.161 e. The van der Waals surface area contributed by atoms with Crippen LogP contribution in [0.4, 0.5) is 0 Å². The molecule has 0 aliphatic carbocycles. The van der Waals surface area contributed by atoms with Gasteiger partial charge in [0.15, 0.2) is 11.5 Å². The SMILES string of the molecule is CC[C@H](C)Oc1ccc(CNC)cc1OC. The Labute approximate surface area is 97.8 Å². The molecule has 0 spiro atoms. The van der Waals surface area contributed by atoms with E-state index in [9.17, 15) is 0 Å². The van der Waals surface area contributed by atoms with E-state index in [0.29, 0.717) is 0 Å². The lowest BCUT2D eigenvalue weighted by atomic mass is 10.2. The summed E-state index contributed by atoms with van der Waals surface area (Å²) in [4.78, 5) is 0. The van der Waals surface area contributed by atoms with Gasteiger partial charge in [0.25, 0.3) is 0 Å². The van der Waals surface area contributed by atoms with Crippen LogP contribution in [0.5, 0.6) is 11.5 Å². The van der Waals surface area contributed by atoms with Crippen molar-refractivity contribution < 1.29 is 9.47 Å². The molecule has 0 amide bonds. The van der Waals surface area contributed by atoms with Gasteiger partial charge in [-0.3, -0.25) is 0 Å². The summed E-state index contributed by atoms with van der Waals surface area (Å²) in [5.41, 5.74) is 1.19. The number of hydrogen-bond acceptors (Lipinski definition) is 3. The van der Waals surface area contributed by atoms with Gasteiger partial charge in [-0.05, 0) is 38.1 Å². The van der Waals surface area contributed by atoms with E-state index in [1.54, 1.807) is 7.11 Å². The van der Waals surface area contributed by atoms with Crippen molar-refractivity contribution in [1.29, 1.82) is 0 Å². The molecule has 0 bridgehead atoms. The highest BCUT2D eigenvalue weighted by atomic mass is 16.5. The molecule has 1 atom stereocenters. The second-order valence-electron chi connectivity index (χ2n) is 3.85. The molecule has 0 unspecified atom stereocenters. The summed E-state index contributed by atoms with van der Waals surface area (Å²) in [6.45, 7) is 4.99. The Morgan fingerprint density at radius 2 is 2.06 bits per heavy atom. The standard InChI is InChI=1S/C13H21NO2/c1-5-10(2)16-12-7-6-11(9-14-3)8-13(12)15-4/h6-8,10,14H,5,9H2,1-4H3/t10-/m0/s1. The molecule has 0 fully saturated rings. The number of benzene rings is 1. The molecule has 90 valence electrons. The lowest BCUT2D eigenvalue weighted by Gasteiger charge is -2.16. The van der Waals surface area contributed by atoms with Gasteiger partial charge in [0.1, 0.15) is 0 Å². The molecule has 1 aromatic rings. The molecule has 3 heteroatoms. The van der Waals surface area contributed by atoms with Crippen molar-refractivity contribution in [3.05, 3.63) is 23.8 Å². The predicted octanol–water partition coefficient (Wildman–Crippen LogP) is 2.59. The molecule has 0 saturated carbocycles. The van der Waals surface area contributed by atoms with Crippen molar-refractivity contribution in [1.82, 2.24) is 5.32 Å².